The highest BCUT2D eigenvalue weighted by atomic mass is 35.5. The van der Waals surface area contributed by atoms with Crippen molar-refractivity contribution < 1.29 is 18.3 Å². The number of aryl methyl sites for hydroxylation is 1. The highest BCUT2D eigenvalue weighted by Crippen LogP contribution is 2.17. The van der Waals surface area contributed by atoms with Gasteiger partial charge in [-0.25, -0.2) is 4.79 Å². The summed E-state index contributed by atoms with van der Waals surface area (Å²) >= 11 is 5.44. The molecule has 1 aromatic rings. The molecule has 0 N–H and O–H groups in total. The Morgan fingerprint density at radius 1 is 1.71 bits per heavy atom. The van der Waals surface area contributed by atoms with Gasteiger partial charge < -0.3 is 9.15 Å². The minimum absolute atomic E-state index is 0.0339. The molecule has 14 heavy (non-hydrogen) atoms. The molecule has 0 atom stereocenters. The third kappa shape index (κ3) is 2.45. The van der Waals surface area contributed by atoms with E-state index < -0.39 is 12.6 Å². The molecule has 0 aliphatic heterocycles. The number of hydrogen-bond donors (Lipinski definition) is 0. The lowest BCUT2D eigenvalue weighted by atomic mass is 10.3. The van der Waals surface area contributed by atoms with Crippen LogP contribution >= 0.6 is 11.6 Å². The standard InChI is InChI=1S/C8H9ClFNO3/c1-2-13-7(12)6-5(3-4-10)14-8(9)11-6/h2-4H2,1H3. The number of oxazole rings is 1. The van der Waals surface area contributed by atoms with Crippen molar-refractivity contribution in [3.05, 3.63) is 16.8 Å². The Bertz CT molecular complexity index is 326. The molecule has 0 fully saturated rings. The molecule has 1 heterocycles. The molecule has 6 heteroatoms. The average Bonchev–Trinajstić information content (AvgIpc) is 2.48. The van der Waals surface area contributed by atoms with E-state index >= 15 is 0 Å². The SMILES string of the molecule is CCOC(=O)c1nc(Cl)oc1CCF. The first-order chi connectivity index (χ1) is 6.69. The van der Waals surface area contributed by atoms with Crippen molar-refractivity contribution in [2.75, 3.05) is 13.3 Å². The van der Waals surface area contributed by atoms with Gasteiger partial charge in [-0.3, -0.25) is 4.39 Å². The van der Waals surface area contributed by atoms with Crippen molar-refractivity contribution >= 4 is 17.6 Å². The van der Waals surface area contributed by atoms with Crippen LogP contribution in [0, 0.1) is 0 Å². The summed E-state index contributed by atoms with van der Waals surface area (Å²) in [5.41, 5.74) is -0.0468. The van der Waals surface area contributed by atoms with Gasteiger partial charge in [-0.15, -0.1) is 0 Å². The van der Waals surface area contributed by atoms with Gasteiger partial charge in [-0.2, -0.15) is 4.98 Å². The zero-order valence-electron chi connectivity index (χ0n) is 7.55. The van der Waals surface area contributed by atoms with Crippen LogP contribution in [0.25, 0.3) is 0 Å². The van der Waals surface area contributed by atoms with E-state index in [2.05, 4.69) is 9.72 Å². The van der Waals surface area contributed by atoms with Crippen LogP contribution in [-0.4, -0.2) is 24.2 Å². The van der Waals surface area contributed by atoms with Gasteiger partial charge in [-0.1, -0.05) is 0 Å². The molecule has 0 aliphatic rings. The lowest BCUT2D eigenvalue weighted by Gasteiger charge is -1.98. The molecule has 0 aliphatic carbocycles. The minimum atomic E-state index is -0.647. The Hall–Kier alpha value is -1.10. The molecule has 0 radical (unpaired) electrons. The summed E-state index contributed by atoms with van der Waals surface area (Å²) in [5.74, 6) is -0.525. The number of hydrogen-bond acceptors (Lipinski definition) is 4. The second-order valence-corrected chi connectivity index (χ2v) is 2.72. The van der Waals surface area contributed by atoms with E-state index in [1.54, 1.807) is 6.92 Å². The fraction of sp³-hybridized carbons (Fsp3) is 0.500. The van der Waals surface area contributed by atoms with Crippen molar-refractivity contribution in [1.29, 1.82) is 0 Å². The predicted molar refractivity (Wildman–Crippen MR) is 47.1 cm³/mol. The maximum absolute atomic E-state index is 12.0. The number of carbonyl (C=O) groups excluding carboxylic acids is 1. The van der Waals surface area contributed by atoms with Gasteiger partial charge >= 0.3 is 5.97 Å². The molecule has 4 nitrogen and oxygen atoms in total. The Balaban J connectivity index is 2.88. The first-order valence-corrected chi connectivity index (χ1v) is 4.45. The average molecular weight is 222 g/mol. The Labute approximate surface area is 85.0 Å². The number of alkyl halides is 1. The van der Waals surface area contributed by atoms with Crippen molar-refractivity contribution in [2.24, 2.45) is 0 Å². The van der Waals surface area contributed by atoms with Crippen LogP contribution in [0.3, 0.4) is 0 Å². The van der Waals surface area contributed by atoms with Crippen molar-refractivity contribution in [3.8, 4) is 0 Å². The molecule has 0 spiro atoms. The van der Waals surface area contributed by atoms with Crippen LogP contribution in [-0.2, 0) is 11.2 Å². The number of carbonyl (C=O) groups is 1. The predicted octanol–water partition coefficient (Wildman–Crippen LogP) is 2.02. The summed E-state index contributed by atoms with van der Waals surface area (Å²) in [5, 5.41) is -0.184. The second kappa shape index (κ2) is 4.95. The third-order valence-electron chi connectivity index (χ3n) is 1.46. The molecule has 0 aromatic carbocycles. The molecule has 0 bridgehead atoms. The van der Waals surface area contributed by atoms with E-state index in [1.165, 1.54) is 0 Å². The number of nitrogens with zero attached hydrogens (tertiary/aromatic N) is 1. The van der Waals surface area contributed by atoms with E-state index in [9.17, 15) is 9.18 Å². The number of halogens is 2. The molecule has 78 valence electrons. The maximum atomic E-state index is 12.0. The van der Waals surface area contributed by atoms with Gasteiger partial charge in [0.2, 0.25) is 0 Å². The quantitative estimate of drug-likeness (QED) is 0.730. The summed E-state index contributed by atoms with van der Waals surface area (Å²) in [6.07, 6.45) is -0.0339. The lowest BCUT2D eigenvalue weighted by molar-refractivity contribution is 0.0517. The van der Waals surface area contributed by atoms with Crippen LogP contribution in [0.15, 0.2) is 4.42 Å². The minimum Gasteiger partial charge on any atom is -0.461 e. The molecule has 0 unspecified atom stereocenters. The monoisotopic (exact) mass is 221 g/mol. The van der Waals surface area contributed by atoms with Crippen LogP contribution < -0.4 is 0 Å². The normalized spacial score (nSPS) is 10.2. The van der Waals surface area contributed by atoms with Gasteiger partial charge in [0.25, 0.3) is 5.35 Å². The summed E-state index contributed by atoms with van der Waals surface area (Å²) in [4.78, 5) is 14.8. The highest BCUT2D eigenvalue weighted by molar-refractivity contribution is 6.27. The van der Waals surface area contributed by atoms with E-state index in [0.717, 1.165) is 0 Å². The fourth-order valence-electron chi connectivity index (χ4n) is 0.937. The molecular weight excluding hydrogens is 213 g/mol. The van der Waals surface area contributed by atoms with E-state index in [0.29, 0.717) is 0 Å². The van der Waals surface area contributed by atoms with Gasteiger partial charge in [0.1, 0.15) is 5.76 Å². The van der Waals surface area contributed by atoms with E-state index in [-0.39, 0.29) is 29.8 Å². The van der Waals surface area contributed by atoms with E-state index in [1.807, 2.05) is 0 Å². The summed E-state index contributed by atoms with van der Waals surface area (Å²) in [6, 6.07) is 0. The Morgan fingerprint density at radius 2 is 2.43 bits per heavy atom. The molecule has 0 saturated carbocycles. The molecule has 0 saturated heterocycles. The molecule has 1 aromatic heterocycles. The van der Waals surface area contributed by atoms with Gasteiger partial charge in [0.15, 0.2) is 5.69 Å². The Morgan fingerprint density at radius 3 is 3.00 bits per heavy atom. The van der Waals surface area contributed by atoms with Crippen molar-refractivity contribution in [1.82, 2.24) is 4.98 Å². The zero-order valence-corrected chi connectivity index (χ0v) is 8.31. The van der Waals surface area contributed by atoms with Gasteiger partial charge in [0, 0.05) is 6.42 Å². The van der Waals surface area contributed by atoms with Crippen LogP contribution in [0.4, 0.5) is 4.39 Å². The molecule has 0 amide bonds. The highest BCUT2D eigenvalue weighted by Gasteiger charge is 2.19. The van der Waals surface area contributed by atoms with Gasteiger partial charge in [0.05, 0.1) is 13.3 Å². The van der Waals surface area contributed by atoms with Crippen molar-refractivity contribution in [3.63, 3.8) is 0 Å². The van der Waals surface area contributed by atoms with Crippen LogP contribution in [0.5, 0.6) is 0 Å². The van der Waals surface area contributed by atoms with Gasteiger partial charge in [-0.05, 0) is 18.5 Å². The van der Waals surface area contributed by atoms with Crippen molar-refractivity contribution in [2.45, 2.75) is 13.3 Å². The number of aromatic nitrogens is 1. The third-order valence-corrected chi connectivity index (χ3v) is 1.62. The summed E-state index contributed by atoms with van der Waals surface area (Å²) in [6.45, 7) is 1.24. The second-order valence-electron chi connectivity index (χ2n) is 2.40. The fourth-order valence-corrected chi connectivity index (χ4v) is 1.11. The lowest BCUT2D eigenvalue weighted by Crippen LogP contribution is -2.08. The smallest absolute Gasteiger partial charge is 0.360 e. The number of ether oxygens (including phenoxy) is 1. The van der Waals surface area contributed by atoms with E-state index in [4.69, 9.17) is 16.0 Å². The summed E-state index contributed by atoms with van der Waals surface area (Å²) in [7, 11) is 0. The first-order valence-electron chi connectivity index (χ1n) is 4.07. The largest absolute Gasteiger partial charge is 0.461 e. The number of rotatable bonds is 4. The molecule has 1 rings (SSSR count). The summed E-state index contributed by atoms with van der Waals surface area (Å²) < 4.78 is 21.6. The maximum Gasteiger partial charge on any atom is 0.360 e. The first kappa shape index (κ1) is 11.0. The van der Waals surface area contributed by atoms with Crippen LogP contribution in [0.2, 0.25) is 5.35 Å². The number of esters is 1. The van der Waals surface area contributed by atoms with Crippen LogP contribution in [0.1, 0.15) is 23.2 Å². The topological polar surface area (TPSA) is 52.3 Å². The molecular formula is C8H9ClFNO3. The zero-order chi connectivity index (χ0) is 10.6. The Kier molecular flexibility index (Phi) is 3.88.